The van der Waals surface area contributed by atoms with E-state index < -0.39 is 5.60 Å². The highest BCUT2D eigenvalue weighted by Crippen LogP contribution is 2.15. The SMILES string of the molecule is CC(C)=C/C(C)=N/NC1CCN(C(=O)OC(C)(C)C)CC1. The van der Waals surface area contributed by atoms with Gasteiger partial charge in [-0.2, -0.15) is 5.10 Å². The van der Waals surface area contributed by atoms with E-state index >= 15 is 0 Å². The minimum atomic E-state index is -0.433. The van der Waals surface area contributed by atoms with E-state index in [2.05, 4.69) is 24.4 Å². The Bertz CT molecular complexity index is 410. The molecule has 1 amide bonds. The number of likely N-dealkylation sites (tertiary alicyclic amines) is 1. The number of piperidine rings is 1. The molecule has 5 nitrogen and oxygen atoms in total. The van der Waals surface area contributed by atoms with Crippen LogP contribution in [0.5, 0.6) is 0 Å². The lowest BCUT2D eigenvalue weighted by Crippen LogP contribution is -2.45. The third kappa shape index (κ3) is 7.16. The largest absolute Gasteiger partial charge is 0.444 e. The van der Waals surface area contributed by atoms with Crippen molar-refractivity contribution in [2.24, 2.45) is 5.10 Å². The van der Waals surface area contributed by atoms with Gasteiger partial charge >= 0.3 is 6.09 Å². The van der Waals surface area contributed by atoms with E-state index in [0.717, 1.165) is 18.6 Å². The molecule has 1 aliphatic heterocycles. The third-order valence-corrected chi connectivity index (χ3v) is 3.07. The van der Waals surface area contributed by atoms with Gasteiger partial charge < -0.3 is 15.1 Å². The Labute approximate surface area is 128 Å². The predicted octanol–water partition coefficient (Wildman–Crippen LogP) is 3.32. The highest BCUT2D eigenvalue weighted by molar-refractivity contribution is 5.93. The molecule has 21 heavy (non-hydrogen) atoms. The molecule has 0 aromatic carbocycles. The van der Waals surface area contributed by atoms with E-state index in [0.29, 0.717) is 19.1 Å². The van der Waals surface area contributed by atoms with E-state index in [1.807, 2.05) is 33.8 Å². The molecule has 1 rings (SSSR count). The molecular weight excluding hydrogens is 266 g/mol. The van der Waals surface area contributed by atoms with Crippen molar-refractivity contribution < 1.29 is 9.53 Å². The lowest BCUT2D eigenvalue weighted by atomic mass is 10.1. The van der Waals surface area contributed by atoms with Crippen molar-refractivity contribution in [3.8, 4) is 0 Å². The van der Waals surface area contributed by atoms with Crippen molar-refractivity contribution in [1.82, 2.24) is 10.3 Å². The van der Waals surface area contributed by atoms with Gasteiger partial charge in [-0.3, -0.25) is 0 Å². The van der Waals surface area contributed by atoms with Crippen molar-refractivity contribution >= 4 is 11.8 Å². The monoisotopic (exact) mass is 295 g/mol. The molecule has 0 aliphatic carbocycles. The predicted molar refractivity (Wildman–Crippen MR) is 86.5 cm³/mol. The summed E-state index contributed by atoms with van der Waals surface area (Å²) in [6.45, 7) is 13.2. The van der Waals surface area contributed by atoms with Crippen LogP contribution in [0.25, 0.3) is 0 Å². The summed E-state index contributed by atoms with van der Waals surface area (Å²) in [7, 11) is 0. The second kappa shape index (κ2) is 7.48. The smallest absolute Gasteiger partial charge is 0.410 e. The Morgan fingerprint density at radius 3 is 2.29 bits per heavy atom. The lowest BCUT2D eigenvalue weighted by Gasteiger charge is -2.33. The van der Waals surface area contributed by atoms with E-state index in [1.165, 1.54) is 5.57 Å². The van der Waals surface area contributed by atoms with Crippen LogP contribution in [0.4, 0.5) is 4.79 Å². The van der Waals surface area contributed by atoms with E-state index in [4.69, 9.17) is 4.74 Å². The number of allylic oxidation sites excluding steroid dienone is 2. The highest BCUT2D eigenvalue weighted by atomic mass is 16.6. The Hall–Kier alpha value is -1.52. The van der Waals surface area contributed by atoms with Gasteiger partial charge in [0.25, 0.3) is 0 Å². The van der Waals surface area contributed by atoms with Gasteiger partial charge in [-0.05, 0) is 60.5 Å². The number of ether oxygens (including phenoxy) is 1. The van der Waals surface area contributed by atoms with Crippen LogP contribution in [0.15, 0.2) is 16.8 Å². The quantitative estimate of drug-likeness (QED) is 0.642. The number of hydrogen-bond acceptors (Lipinski definition) is 4. The standard InChI is InChI=1S/C16H29N3O2/c1-12(2)11-13(3)17-18-14-7-9-19(10-8-14)15(20)21-16(4,5)6/h11,14,18H,7-10H2,1-6H3/b17-13+. The molecule has 0 unspecified atom stereocenters. The zero-order chi connectivity index (χ0) is 16.0. The van der Waals surface area contributed by atoms with Gasteiger partial charge in [0.15, 0.2) is 0 Å². The van der Waals surface area contributed by atoms with Gasteiger partial charge in [-0.25, -0.2) is 4.79 Å². The van der Waals surface area contributed by atoms with Crippen molar-refractivity contribution in [2.45, 2.75) is 66.0 Å². The average molecular weight is 295 g/mol. The molecule has 0 bridgehead atoms. The molecule has 0 aromatic heterocycles. The molecule has 0 radical (unpaired) electrons. The molecule has 0 spiro atoms. The summed E-state index contributed by atoms with van der Waals surface area (Å²) in [6.07, 6.45) is 3.61. The number of rotatable bonds is 3. The van der Waals surface area contributed by atoms with Crippen LogP contribution in [-0.2, 0) is 4.74 Å². The summed E-state index contributed by atoms with van der Waals surface area (Å²) < 4.78 is 5.39. The van der Waals surface area contributed by atoms with Crippen LogP contribution in [0.2, 0.25) is 0 Å². The molecule has 0 aromatic rings. The Morgan fingerprint density at radius 1 is 1.24 bits per heavy atom. The number of nitrogens with zero attached hydrogens (tertiary/aromatic N) is 2. The molecule has 1 N–H and O–H groups in total. The first-order valence-electron chi connectivity index (χ1n) is 7.60. The second-order valence-corrected chi connectivity index (χ2v) is 6.85. The first kappa shape index (κ1) is 17.5. The molecule has 1 heterocycles. The first-order chi connectivity index (χ1) is 9.67. The number of amides is 1. The van der Waals surface area contributed by atoms with Crippen molar-refractivity contribution in [3.63, 3.8) is 0 Å². The third-order valence-electron chi connectivity index (χ3n) is 3.07. The van der Waals surface area contributed by atoms with Crippen molar-refractivity contribution in [3.05, 3.63) is 11.6 Å². The minimum Gasteiger partial charge on any atom is -0.444 e. The van der Waals surface area contributed by atoms with Crippen LogP contribution in [0.1, 0.15) is 54.4 Å². The zero-order valence-corrected chi connectivity index (χ0v) is 14.2. The fourth-order valence-electron chi connectivity index (χ4n) is 2.16. The zero-order valence-electron chi connectivity index (χ0n) is 14.2. The molecular formula is C16H29N3O2. The Balaban J connectivity index is 2.39. The summed E-state index contributed by atoms with van der Waals surface area (Å²) in [6, 6.07) is 0.323. The van der Waals surface area contributed by atoms with E-state index in [-0.39, 0.29) is 6.09 Å². The maximum absolute atomic E-state index is 12.0. The van der Waals surface area contributed by atoms with Crippen LogP contribution < -0.4 is 5.43 Å². The van der Waals surface area contributed by atoms with Gasteiger partial charge in [-0.1, -0.05) is 5.57 Å². The number of nitrogens with one attached hydrogen (secondary N) is 1. The fraction of sp³-hybridized carbons (Fsp3) is 0.750. The maximum Gasteiger partial charge on any atom is 0.410 e. The number of hydrazone groups is 1. The summed E-state index contributed by atoms with van der Waals surface area (Å²) in [4.78, 5) is 13.7. The van der Waals surface area contributed by atoms with Crippen molar-refractivity contribution in [2.75, 3.05) is 13.1 Å². The van der Waals surface area contributed by atoms with Gasteiger partial charge in [0.05, 0.1) is 5.71 Å². The highest BCUT2D eigenvalue weighted by Gasteiger charge is 2.26. The topological polar surface area (TPSA) is 53.9 Å². The van der Waals surface area contributed by atoms with Crippen LogP contribution in [-0.4, -0.2) is 41.4 Å². The van der Waals surface area contributed by atoms with E-state index in [1.54, 1.807) is 4.90 Å². The average Bonchev–Trinajstić information content (AvgIpc) is 2.34. The summed E-state index contributed by atoms with van der Waals surface area (Å²) in [5.41, 5.74) is 4.98. The van der Waals surface area contributed by atoms with Gasteiger partial charge in [0.1, 0.15) is 5.60 Å². The lowest BCUT2D eigenvalue weighted by molar-refractivity contribution is 0.0198. The molecule has 1 aliphatic rings. The van der Waals surface area contributed by atoms with E-state index in [9.17, 15) is 4.79 Å². The normalized spacial score (nSPS) is 17.4. The number of carbonyl (C=O) groups is 1. The summed E-state index contributed by atoms with van der Waals surface area (Å²) in [5.74, 6) is 0. The molecule has 0 saturated carbocycles. The second-order valence-electron chi connectivity index (χ2n) is 6.85. The van der Waals surface area contributed by atoms with Crippen LogP contribution in [0.3, 0.4) is 0 Å². The Kier molecular flexibility index (Phi) is 6.24. The number of hydrogen-bond donors (Lipinski definition) is 1. The molecule has 1 fully saturated rings. The van der Waals surface area contributed by atoms with Crippen molar-refractivity contribution in [1.29, 1.82) is 0 Å². The van der Waals surface area contributed by atoms with Gasteiger partial charge in [0, 0.05) is 19.1 Å². The van der Waals surface area contributed by atoms with Crippen LogP contribution >= 0.6 is 0 Å². The Morgan fingerprint density at radius 2 is 1.81 bits per heavy atom. The molecule has 5 heteroatoms. The first-order valence-corrected chi connectivity index (χ1v) is 7.60. The molecule has 0 atom stereocenters. The number of carbonyl (C=O) groups excluding carboxylic acids is 1. The molecule has 1 saturated heterocycles. The molecule has 120 valence electrons. The minimum absolute atomic E-state index is 0.217. The van der Waals surface area contributed by atoms with Gasteiger partial charge in [0.2, 0.25) is 0 Å². The maximum atomic E-state index is 12.0. The summed E-state index contributed by atoms with van der Waals surface area (Å²) in [5, 5.41) is 4.37. The van der Waals surface area contributed by atoms with Gasteiger partial charge in [-0.15, -0.1) is 0 Å². The fourth-order valence-corrected chi connectivity index (χ4v) is 2.16. The van der Waals surface area contributed by atoms with Crippen LogP contribution in [0, 0.1) is 0 Å². The summed E-state index contributed by atoms with van der Waals surface area (Å²) >= 11 is 0.